The van der Waals surface area contributed by atoms with Gasteiger partial charge in [-0.25, -0.2) is 0 Å². The number of aldehydes is 1. The van der Waals surface area contributed by atoms with Gasteiger partial charge in [-0.1, -0.05) is 20.8 Å². The molecule has 1 aliphatic rings. The van der Waals surface area contributed by atoms with Crippen molar-refractivity contribution in [3.05, 3.63) is 0 Å². The second-order valence-electron chi connectivity index (χ2n) is 6.65. The first kappa shape index (κ1) is 13.9. The summed E-state index contributed by atoms with van der Waals surface area (Å²) in [6.07, 6.45) is 4.39. The molecule has 0 saturated heterocycles. The Kier molecular flexibility index (Phi) is 4.35. The van der Waals surface area contributed by atoms with Crippen molar-refractivity contribution in [3.63, 3.8) is 0 Å². The van der Waals surface area contributed by atoms with Crippen LogP contribution in [-0.4, -0.2) is 21.2 Å². The minimum absolute atomic E-state index is 0.287. The first-order valence-electron chi connectivity index (χ1n) is 6.35. The fourth-order valence-electron chi connectivity index (χ4n) is 1.93. The maximum Gasteiger partial charge on any atom is 0.191 e. The minimum Gasteiger partial charge on any atom is -0.417 e. The Morgan fingerprint density at radius 2 is 1.94 bits per heavy atom. The van der Waals surface area contributed by atoms with Crippen LogP contribution in [0.2, 0.25) is 18.1 Å². The lowest BCUT2D eigenvalue weighted by atomic mass is 10.1. The van der Waals surface area contributed by atoms with Gasteiger partial charge in [0.05, 0.1) is 0 Å². The largest absolute Gasteiger partial charge is 0.417 e. The van der Waals surface area contributed by atoms with Gasteiger partial charge in [0, 0.05) is 12.5 Å². The molecule has 0 aliphatic heterocycles. The van der Waals surface area contributed by atoms with Crippen LogP contribution in [0.3, 0.4) is 0 Å². The monoisotopic (exact) mass is 242 g/mol. The SMILES string of the molecule is CC(C)(C)[Si](C)(C)OC[C@H]1CC[C@@H](C=O)C1. The van der Waals surface area contributed by atoms with E-state index in [-0.39, 0.29) is 5.04 Å². The summed E-state index contributed by atoms with van der Waals surface area (Å²) in [5, 5.41) is 0.287. The lowest BCUT2D eigenvalue weighted by Gasteiger charge is -2.37. The molecule has 0 bridgehead atoms. The van der Waals surface area contributed by atoms with Crippen LogP contribution in [0.5, 0.6) is 0 Å². The standard InChI is InChI=1S/C13H26O2Si/c1-13(2,3)16(4,5)15-10-12-7-6-11(8-12)9-14/h9,11-12H,6-8,10H2,1-5H3/t11-,12+/m1/s1. The second-order valence-corrected chi connectivity index (χ2v) is 11.5. The molecule has 2 atom stereocenters. The summed E-state index contributed by atoms with van der Waals surface area (Å²) < 4.78 is 6.19. The number of rotatable bonds is 4. The summed E-state index contributed by atoms with van der Waals surface area (Å²) in [4.78, 5) is 10.7. The van der Waals surface area contributed by atoms with Gasteiger partial charge in [0.1, 0.15) is 6.29 Å². The summed E-state index contributed by atoms with van der Waals surface area (Å²) in [6, 6.07) is 0. The van der Waals surface area contributed by atoms with Crippen LogP contribution in [0.4, 0.5) is 0 Å². The van der Waals surface area contributed by atoms with Gasteiger partial charge in [0.15, 0.2) is 8.32 Å². The van der Waals surface area contributed by atoms with Gasteiger partial charge >= 0.3 is 0 Å². The normalized spacial score (nSPS) is 27.1. The number of hydrogen-bond donors (Lipinski definition) is 0. The average molecular weight is 242 g/mol. The van der Waals surface area contributed by atoms with Gasteiger partial charge in [0.25, 0.3) is 0 Å². The quantitative estimate of drug-likeness (QED) is 0.556. The van der Waals surface area contributed by atoms with Gasteiger partial charge in [-0.15, -0.1) is 0 Å². The molecule has 2 nitrogen and oxygen atoms in total. The number of carbonyl (C=O) groups is 1. The van der Waals surface area contributed by atoms with Crippen LogP contribution in [0.1, 0.15) is 40.0 Å². The molecule has 0 aromatic rings. The molecule has 0 heterocycles. The Bertz CT molecular complexity index is 243. The van der Waals surface area contributed by atoms with E-state index in [0.717, 1.165) is 32.2 Å². The van der Waals surface area contributed by atoms with Crippen molar-refractivity contribution in [1.82, 2.24) is 0 Å². The topological polar surface area (TPSA) is 26.3 Å². The van der Waals surface area contributed by atoms with Crippen molar-refractivity contribution in [2.24, 2.45) is 11.8 Å². The van der Waals surface area contributed by atoms with Crippen LogP contribution >= 0.6 is 0 Å². The Morgan fingerprint density at radius 3 is 2.38 bits per heavy atom. The molecule has 16 heavy (non-hydrogen) atoms. The Morgan fingerprint density at radius 1 is 1.31 bits per heavy atom. The first-order valence-corrected chi connectivity index (χ1v) is 9.26. The number of carbonyl (C=O) groups excluding carboxylic acids is 1. The Balaban J connectivity index is 2.38. The predicted molar refractivity (Wildman–Crippen MR) is 70.0 cm³/mol. The van der Waals surface area contributed by atoms with Crippen molar-refractivity contribution in [3.8, 4) is 0 Å². The first-order chi connectivity index (χ1) is 7.26. The highest BCUT2D eigenvalue weighted by Crippen LogP contribution is 2.38. The maximum atomic E-state index is 10.7. The fourth-order valence-corrected chi connectivity index (χ4v) is 3.02. The zero-order valence-electron chi connectivity index (χ0n) is 11.4. The van der Waals surface area contributed by atoms with E-state index in [1.807, 2.05) is 0 Å². The van der Waals surface area contributed by atoms with Gasteiger partial charge in [-0.2, -0.15) is 0 Å². The van der Waals surface area contributed by atoms with E-state index in [2.05, 4.69) is 33.9 Å². The highest BCUT2D eigenvalue weighted by molar-refractivity contribution is 6.74. The molecule has 0 amide bonds. The lowest BCUT2D eigenvalue weighted by molar-refractivity contribution is -0.111. The highest BCUT2D eigenvalue weighted by atomic mass is 28.4. The molecule has 0 aromatic carbocycles. The molecular weight excluding hydrogens is 216 g/mol. The van der Waals surface area contributed by atoms with Crippen molar-refractivity contribution >= 4 is 14.6 Å². The molecule has 1 aliphatic carbocycles. The van der Waals surface area contributed by atoms with E-state index in [1.54, 1.807) is 0 Å². The molecule has 1 saturated carbocycles. The lowest BCUT2D eigenvalue weighted by Crippen LogP contribution is -2.41. The zero-order valence-corrected chi connectivity index (χ0v) is 12.4. The molecule has 3 heteroatoms. The van der Waals surface area contributed by atoms with Crippen LogP contribution in [0.15, 0.2) is 0 Å². The highest BCUT2D eigenvalue weighted by Gasteiger charge is 2.38. The second kappa shape index (κ2) is 5.01. The molecule has 0 radical (unpaired) electrons. The van der Waals surface area contributed by atoms with Crippen molar-refractivity contribution < 1.29 is 9.22 Å². The summed E-state index contributed by atoms with van der Waals surface area (Å²) in [6.45, 7) is 12.2. The Hall–Kier alpha value is -0.153. The summed E-state index contributed by atoms with van der Waals surface area (Å²) >= 11 is 0. The van der Waals surface area contributed by atoms with Crippen molar-refractivity contribution in [2.75, 3.05) is 6.61 Å². The summed E-state index contributed by atoms with van der Waals surface area (Å²) in [5.41, 5.74) is 0. The van der Waals surface area contributed by atoms with Gasteiger partial charge in [0.2, 0.25) is 0 Å². The predicted octanol–water partition coefficient (Wildman–Crippen LogP) is 3.62. The van der Waals surface area contributed by atoms with E-state index in [4.69, 9.17) is 4.43 Å². The van der Waals surface area contributed by atoms with Crippen LogP contribution in [-0.2, 0) is 9.22 Å². The Labute approximate surface area is 101 Å². The van der Waals surface area contributed by atoms with Crippen molar-refractivity contribution in [1.29, 1.82) is 0 Å². The van der Waals surface area contributed by atoms with E-state index in [0.29, 0.717) is 11.8 Å². The smallest absolute Gasteiger partial charge is 0.191 e. The van der Waals surface area contributed by atoms with Crippen LogP contribution < -0.4 is 0 Å². The molecule has 0 spiro atoms. The molecule has 1 fully saturated rings. The van der Waals surface area contributed by atoms with Gasteiger partial charge in [-0.05, 0) is 43.3 Å². The third kappa shape index (κ3) is 3.42. The molecule has 1 rings (SSSR count). The van der Waals surface area contributed by atoms with E-state index < -0.39 is 8.32 Å². The molecular formula is C13H26O2Si. The third-order valence-corrected chi connectivity index (χ3v) is 8.76. The van der Waals surface area contributed by atoms with E-state index >= 15 is 0 Å². The molecule has 0 N–H and O–H groups in total. The van der Waals surface area contributed by atoms with Gasteiger partial charge in [-0.3, -0.25) is 0 Å². The number of hydrogen-bond acceptors (Lipinski definition) is 2. The molecule has 0 unspecified atom stereocenters. The minimum atomic E-state index is -1.59. The van der Waals surface area contributed by atoms with Gasteiger partial charge < -0.3 is 9.22 Å². The summed E-state index contributed by atoms with van der Waals surface area (Å²) in [5.74, 6) is 0.914. The average Bonchev–Trinajstić information content (AvgIpc) is 2.60. The van der Waals surface area contributed by atoms with Crippen LogP contribution in [0.25, 0.3) is 0 Å². The van der Waals surface area contributed by atoms with Crippen LogP contribution in [0, 0.1) is 11.8 Å². The summed E-state index contributed by atoms with van der Waals surface area (Å²) in [7, 11) is -1.59. The van der Waals surface area contributed by atoms with E-state index in [1.165, 1.54) is 0 Å². The molecule has 0 aromatic heterocycles. The molecule has 94 valence electrons. The zero-order chi connectivity index (χ0) is 12.4. The van der Waals surface area contributed by atoms with E-state index in [9.17, 15) is 4.79 Å². The maximum absolute atomic E-state index is 10.7. The van der Waals surface area contributed by atoms with Crippen molar-refractivity contribution in [2.45, 2.75) is 58.2 Å². The third-order valence-electron chi connectivity index (χ3n) is 4.26. The fraction of sp³-hybridized carbons (Fsp3) is 0.923.